The van der Waals surface area contributed by atoms with E-state index in [4.69, 9.17) is 0 Å². The molecule has 1 fully saturated rings. The van der Waals surface area contributed by atoms with E-state index in [-0.39, 0.29) is 5.91 Å². The van der Waals surface area contributed by atoms with Gasteiger partial charge in [0.05, 0.1) is 5.56 Å². The summed E-state index contributed by atoms with van der Waals surface area (Å²) in [4.78, 5) is 17.8. The van der Waals surface area contributed by atoms with Crippen molar-refractivity contribution in [2.75, 3.05) is 24.5 Å². The van der Waals surface area contributed by atoms with E-state index in [1.807, 2.05) is 12.1 Å². The standard InChI is InChI=1S/C24H30N2O/c27-24-22-15-7-8-16-23(22)26(21-13-5-2-6-14-21)19-18-25(24)17-9-12-20-10-3-1-4-11-20/h1,3-4,7-8,10-11,15-16,21H,2,5-6,9,12-14,17-19H2. The van der Waals surface area contributed by atoms with Crippen LogP contribution in [-0.4, -0.2) is 36.5 Å². The van der Waals surface area contributed by atoms with Gasteiger partial charge in [-0.25, -0.2) is 0 Å². The minimum absolute atomic E-state index is 0.206. The predicted octanol–water partition coefficient (Wildman–Crippen LogP) is 4.91. The van der Waals surface area contributed by atoms with Crippen molar-refractivity contribution in [3.63, 3.8) is 0 Å². The number of nitrogens with zero attached hydrogens (tertiary/aromatic N) is 2. The summed E-state index contributed by atoms with van der Waals surface area (Å²) in [6, 6.07) is 19.4. The molecule has 2 aromatic rings. The maximum absolute atomic E-state index is 13.2. The van der Waals surface area contributed by atoms with E-state index in [1.54, 1.807) is 0 Å². The molecule has 0 N–H and O–H groups in total. The van der Waals surface area contributed by atoms with Gasteiger partial charge in [0.15, 0.2) is 0 Å². The zero-order valence-corrected chi connectivity index (χ0v) is 16.1. The Morgan fingerprint density at radius 2 is 1.59 bits per heavy atom. The maximum Gasteiger partial charge on any atom is 0.256 e. The minimum atomic E-state index is 0.206. The highest BCUT2D eigenvalue weighted by atomic mass is 16.2. The Morgan fingerprint density at radius 3 is 2.41 bits per heavy atom. The van der Waals surface area contributed by atoms with Crippen LogP contribution in [0.15, 0.2) is 54.6 Å². The van der Waals surface area contributed by atoms with Crippen LogP contribution in [0.25, 0.3) is 0 Å². The molecule has 1 aliphatic carbocycles. The molecule has 142 valence electrons. The molecule has 3 nitrogen and oxygen atoms in total. The summed E-state index contributed by atoms with van der Waals surface area (Å²) >= 11 is 0. The summed E-state index contributed by atoms with van der Waals surface area (Å²) in [5.41, 5.74) is 3.39. The third-order valence-electron chi connectivity index (χ3n) is 6.09. The molecule has 1 saturated carbocycles. The Kier molecular flexibility index (Phi) is 5.76. The molecule has 0 spiro atoms. The predicted molar refractivity (Wildman–Crippen MR) is 111 cm³/mol. The van der Waals surface area contributed by atoms with Crippen molar-refractivity contribution in [1.82, 2.24) is 4.90 Å². The van der Waals surface area contributed by atoms with Gasteiger partial charge in [-0.05, 0) is 43.4 Å². The molecule has 0 aromatic heterocycles. The second-order valence-electron chi connectivity index (χ2n) is 7.88. The second kappa shape index (κ2) is 8.60. The number of carbonyl (C=O) groups is 1. The molecular weight excluding hydrogens is 332 g/mol. The molecule has 4 rings (SSSR count). The van der Waals surface area contributed by atoms with Gasteiger partial charge in [0.2, 0.25) is 0 Å². The lowest BCUT2D eigenvalue weighted by atomic mass is 9.93. The normalized spacial score (nSPS) is 18.3. The molecule has 0 bridgehead atoms. The Bertz CT molecular complexity index is 752. The summed E-state index contributed by atoms with van der Waals surface area (Å²) in [7, 11) is 0. The molecular formula is C24H30N2O. The monoisotopic (exact) mass is 362 g/mol. The van der Waals surface area contributed by atoms with Gasteiger partial charge < -0.3 is 9.80 Å². The molecule has 0 unspecified atom stereocenters. The maximum atomic E-state index is 13.2. The van der Waals surface area contributed by atoms with E-state index >= 15 is 0 Å². The van der Waals surface area contributed by atoms with Crippen molar-refractivity contribution in [2.45, 2.75) is 51.0 Å². The molecule has 2 aliphatic rings. The van der Waals surface area contributed by atoms with Crippen molar-refractivity contribution in [3.8, 4) is 0 Å². The van der Waals surface area contributed by atoms with Crippen LogP contribution in [0.2, 0.25) is 0 Å². The lowest BCUT2D eigenvalue weighted by Crippen LogP contribution is -2.41. The number of fused-ring (bicyclic) bond motifs is 1. The topological polar surface area (TPSA) is 23.6 Å². The Labute approximate surface area is 163 Å². The number of amides is 1. The third kappa shape index (κ3) is 4.18. The minimum Gasteiger partial charge on any atom is -0.366 e. The van der Waals surface area contributed by atoms with Crippen LogP contribution in [0, 0.1) is 0 Å². The van der Waals surface area contributed by atoms with Gasteiger partial charge in [-0.2, -0.15) is 0 Å². The average Bonchev–Trinajstić information content (AvgIpc) is 2.87. The van der Waals surface area contributed by atoms with E-state index in [9.17, 15) is 4.79 Å². The van der Waals surface area contributed by atoms with Gasteiger partial charge >= 0.3 is 0 Å². The first-order valence-corrected chi connectivity index (χ1v) is 10.5. The first-order chi connectivity index (χ1) is 13.3. The molecule has 2 aromatic carbocycles. The molecule has 0 radical (unpaired) electrons. The summed E-state index contributed by atoms with van der Waals surface area (Å²) in [6.45, 7) is 2.62. The van der Waals surface area contributed by atoms with Gasteiger partial charge in [-0.15, -0.1) is 0 Å². The fourth-order valence-corrected chi connectivity index (χ4v) is 4.63. The van der Waals surface area contributed by atoms with E-state index < -0.39 is 0 Å². The number of anilines is 1. The van der Waals surface area contributed by atoms with E-state index in [2.05, 4.69) is 52.3 Å². The van der Waals surface area contributed by atoms with Crippen LogP contribution in [-0.2, 0) is 6.42 Å². The number of rotatable bonds is 5. The smallest absolute Gasteiger partial charge is 0.256 e. The number of carbonyl (C=O) groups excluding carboxylic acids is 1. The van der Waals surface area contributed by atoms with Crippen LogP contribution < -0.4 is 4.90 Å². The summed E-state index contributed by atoms with van der Waals surface area (Å²) in [6.07, 6.45) is 8.56. The van der Waals surface area contributed by atoms with Gasteiger partial charge in [0.1, 0.15) is 0 Å². The highest BCUT2D eigenvalue weighted by molar-refractivity contribution is 6.00. The van der Waals surface area contributed by atoms with Crippen LogP contribution in [0.3, 0.4) is 0 Å². The van der Waals surface area contributed by atoms with Crippen molar-refractivity contribution >= 4 is 11.6 Å². The Morgan fingerprint density at radius 1 is 0.852 bits per heavy atom. The Balaban J connectivity index is 1.47. The molecule has 3 heteroatoms. The van der Waals surface area contributed by atoms with Gasteiger partial charge in [0, 0.05) is 31.4 Å². The highest BCUT2D eigenvalue weighted by Gasteiger charge is 2.30. The first kappa shape index (κ1) is 18.1. The SMILES string of the molecule is O=C1c2ccccc2N(C2CCCCC2)CCN1CCCc1ccccc1. The lowest BCUT2D eigenvalue weighted by molar-refractivity contribution is 0.0764. The average molecular weight is 363 g/mol. The number of hydrogen-bond acceptors (Lipinski definition) is 2. The first-order valence-electron chi connectivity index (χ1n) is 10.5. The Hall–Kier alpha value is -2.29. The molecule has 1 amide bonds. The van der Waals surface area contributed by atoms with E-state index in [0.717, 1.165) is 43.7 Å². The van der Waals surface area contributed by atoms with Crippen molar-refractivity contribution < 1.29 is 4.79 Å². The van der Waals surface area contributed by atoms with Crippen molar-refractivity contribution in [3.05, 3.63) is 65.7 Å². The second-order valence-corrected chi connectivity index (χ2v) is 7.88. The number of hydrogen-bond donors (Lipinski definition) is 0. The number of benzene rings is 2. The molecule has 27 heavy (non-hydrogen) atoms. The van der Waals surface area contributed by atoms with Gasteiger partial charge in [-0.1, -0.05) is 61.7 Å². The number of aryl methyl sites for hydroxylation is 1. The fraction of sp³-hybridized carbons (Fsp3) is 0.458. The number of para-hydroxylation sites is 1. The van der Waals surface area contributed by atoms with Crippen molar-refractivity contribution in [2.24, 2.45) is 0 Å². The summed E-state index contributed by atoms with van der Waals surface area (Å²) in [5.74, 6) is 0.206. The van der Waals surface area contributed by atoms with Gasteiger partial charge in [0.25, 0.3) is 5.91 Å². The molecule has 1 aliphatic heterocycles. The van der Waals surface area contributed by atoms with E-state index in [0.29, 0.717) is 6.04 Å². The van der Waals surface area contributed by atoms with Crippen LogP contribution in [0.4, 0.5) is 5.69 Å². The van der Waals surface area contributed by atoms with Crippen LogP contribution in [0.5, 0.6) is 0 Å². The zero-order chi connectivity index (χ0) is 18.5. The lowest BCUT2D eigenvalue weighted by Gasteiger charge is -2.36. The van der Waals surface area contributed by atoms with E-state index in [1.165, 1.54) is 37.7 Å². The highest BCUT2D eigenvalue weighted by Crippen LogP contribution is 2.32. The third-order valence-corrected chi connectivity index (χ3v) is 6.09. The van der Waals surface area contributed by atoms with Crippen LogP contribution >= 0.6 is 0 Å². The van der Waals surface area contributed by atoms with Crippen molar-refractivity contribution in [1.29, 1.82) is 0 Å². The van der Waals surface area contributed by atoms with Crippen LogP contribution in [0.1, 0.15) is 54.4 Å². The molecule has 1 heterocycles. The van der Waals surface area contributed by atoms with Gasteiger partial charge in [-0.3, -0.25) is 4.79 Å². The molecule has 0 saturated heterocycles. The zero-order valence-electron chi connectivity index (χ0n) is 16.1. The quantitative estimate of drug-likeness (QED) is 0.754. The summed E-state index contributed by atoms with van der Waals surface area (Å²) in [5, 5.41) is 0. The molecule has 0 atom stereocenters. The summed E-state index contributed by atoms with van der Waals surface area (Å²) < 4.78 is 0. The largest absolute Gasteiger partial charge is 0.366 e. The fourth-order valence-electron chi connectivity index (χ4n) is 4.63.